The zero-order chi connectivity index (χ0) is 35.4. The van der Waals surface area contributed by atoms with Crippen molar-refractivity contribution in [3.05, 3.63) is 64.6 Å². The molecule has 0 saturated carbocycles. The number of sulfone groups is 1. The van der Waals surface area contributed by atoms with Crippen LogP contribution < -0.4 is 19.7 Å². The number of ether oxygens (including phenoxy) is 3. The molecule has 0 spiro atoms. The van der Waals surface area contributed by atoms with E-state index >= 15 is 0 Å². The Morgan fingerprint density at radius 3 is 2.27 bits per heavy atom. The molecular formula is C30H33F6N5O6S. The van der Waals surface area contributed by atoms with E-state index in [9.17, 15) is 39.6 Å². The van der Waals surface area contributed by atoms with Crippen LogP contribution in [0.3, 0.4) is 0 Å². The van der Waals surface area contributed by atoms with Crippen LogP contribution in [0.2, 0.25) is 0 Å². The van der Waals surface area contributed by atoms with Crippen LogP contribution in [-0.4, -0.2) is 67.8 Å². The molecule has 2 atom stereocenters. The molecule has 2 aromatic heterocycles. The minimum absolute atomic E-state index is 0.0194. The lowest BCUT2D eigenvalue weighted by Crippen LogP contribution is -2.46. The molecule has 0 unspecified atom stereocenters. The minimum atomic E-state index is -5.07. The highest BCUT2D eigenvalue weighted by atomic mass is 32.2. The van der Waals surface area contributed by atoms with Crippen LogP contribution in [0.15, 0.2) is 36.5 Å². The van der Waals surface area contributed by atoms with Crippen molar-refractivity contribution in [3.63, 3.8) is 0 Å². The lowest BCUT2D eigenvalue weighted by atomic mass is 9.93. The summed E-state index contributed by atoms with van der Waals surface area (Å²) in [6.07, 6.45) is -8.35. The third kappa shape index (κ3) is 8.96. The van der Waals surface area contributed by atoms with Gasteiger partial charge in [-0.25, -0.2) is 28.2 Å². The highest BCUT2D eigenvalue weighted by Gasteiger charge is 2.39. The lowest BCUT2D eigenvalue weighted by molar-refractivity contribution is -0.143. The Kier molecular flexibility index (Phi) is 11.0. The van der Waals surface area contributed by atoms with Crippen LogP contribution >= 0.6 is 0 Å². The van der Waals surface area contributed by atoms with Crippen LogP contribution in [0.5, 0.6) is 11.6 Å². The number of halogens is 6. The second-order valence-corrected chi connectivity index (χ2v) is 13.2. The first-order valence-electron chi connectivity index (χ1n) is 14.7. The number of rotatable bonds is 11. The molecule has 1 N–H and O–H groups in total. The highest BCUT2D eigenvalue weighted by molar-refractivity contribution is 7.90. The smallest absolute Gasteiger partial charge is 0.416 e. The molecule has 48 heavy (non-hydrogen) atoms. The fourth-order valence-electron chi connectivity index (χ4n) is 5.12. The summed E-state index contributed by atoms with van der Waals surface area (Å²) in [4.78, 5) is 27.6. The quantitative estimate of drug-likeness (QED) is 0.229. The number of alkyl halides is 6. The van der Waals surface area contributed by atoms with E-state index in [2.05, 4.69) is 20.3 Å². The predicted octanol–water partition coefficient (Wildman–Crippen LogP) is 6.23. The van der Waals surface area contributed by atoms with Gasteiger partial charge in [-0.15, -0.1) is 0 Å². The largest absolute Gasteiger partial charge is 0.489 e. The van der Waals surface area contributed by atoms with E-state index in [-0.39, 0.29) is 60.6 Å². The number of fused-ring (bicyclic) bond motifs is 1. The minimum Gasteiger partial charge on any atom is -0.489 e. The Morgan fingerprint density at radius 1 is 1.04 bits per heavy atom. The van der Waals surface area contributed by atoms with Crippen molar-refractivity contribution in [3.8, 4) is 11.6 Å². The van der Waals surface area contributed by atoms with Crippen molar-refractivity contribution in [2.24, 2.45) is 0 Å². The number of hydrogen-bond acceptors (Lipinski definition) is 10. The van der Waals surface area contributed by atoms with E-state index in [0.717, 1.165) is 12.5 Å². The number of methoxy groups -OCH3 is 1. The molecule has 3 aromatic rings. The van der Waals surface area contributed by atoms with E-state index in [1.54, 1.807) is 19.1 Å². The summed E-state index contributed by atoms with van der Waals surface area (Å²) in [5, 5.41) is 3.12. The number of carbonyl (C=O) groups excluding carboxylic acids is 1. The molecule has 1 aliphatic rings. The first-order chi connectivity index (χ1) is 22.4. The molecule has 18 heteroatoms. The molecule has 262 valence electrons. The van der Waals surface area contributed by atoms with Crippen molar-refractivity contribution >= 4 is 27.6 Å². The lowest BCUT2D eigenvalue weighted by Gasteiger charge is -2.39. The Labute approximate surface area is 272 Å². The Morgan fingerprint density at radius 2 is 1.71 bits per heavy atom. The van der Waals surface area contributed by atoms with Crippen LogP contribution in [0.25, 0.3) is 0 Å². The fraction of sp³-hybridized carbons (Fsp3) is 0.467. The zero-order valence-corrected chi connectivity index (χ0v) is 27.1. The number of hydrogen-bond donors (Lipinski definition) is 1. The van der Waals surface area contributed by atoms with Crippen molar-refractivity contribution < 1.29 is 53.8 Å². The average molecular weight is 706 g/mol. The molecule has 1 aliphatic heterocycles. The number of pyridine rings is 1. The second-order valence-electron chi connectivity index (χ2n) is 10.9. The van der Waals surface area contributed by atoms with Gasteiger partial charge in [0.25, 0.3) is 0 Å². The van der Waals surface area contributed by atoms with Gasteiger partial charge >= 0.3 is 18.4 Å². The molecule has 1 amide bonds. The summed E-state index contributed by atoms with van der Waals surface area (Å²) in [5.74, 6) is -0.404. The third-order valence-electron chi connectivity index (χ3n) is 7.35. The number of aromatic nitrogens is 3. The van der Waals surface area contributed by atoms with E-state index in [4.69, 9.17) is 14.2 Å². The van der Waals surface area contributed by atoms with E-state index < -0.39 is 57.6 Å². The summed E-state index contributed by atoms with van der Waals surface area (Å²) < 4.78 is 121. The van der Waals surface area contributed by atoms with Gasteiger partial charge in [0.2, 0.25) is 11.8 Å². The molecule has 0 fully saturated rings. The standard InChI is InChI=1S/C30H33F6N5O6S/c1-5-20-15-22(26-23(7-8-25(40-26)45-3)41(20)28(42)46-6-2)39-27-37-16-24(47-9-10-48(4,43)44)21(38-27)13-17-11-18(29(31,32)33)14-19(12-17)30(34,35)36/h7-8,11-12,14,16,20,22H,5-6,9-10,13,15H2,1-4H3,(H,37,38,39)/t20-,22+/m1/s1. The number of nitrogens with one attached hydrogen (secondary N) is 1. The van der Waals surface area contributed by atoms with Crippen molar-refractivity contribution in [1.29, 1.82) is 0 Å². The highest BCUT2D eigenvalue weighted by Crippen LogP contribution is 2.41. The maximum absolute atomic E-state index is 13.6. The summed E-state index contributed by atoms with van der Waals surface area (Å²) >= 11 is 0. The number of carbonyl (C=O) groups is 1. The van der Waals surface area contributed by atoms with Crippen LogP contribution in [0, 0.1) is 0 Å². The Hall–Kier alpha value is -4.35. The molecule has 3 heterocycles. The third-order valence-corrected chi connectivity index (χ3v) is 8.26. The number of benzene rings is 1. The van der Waals surface area contributed by atoms with Gasteiger partial charge in [-0.2, -0.15) is 26.3 Å². The summed E-state index contributed by atoms with van der Waals surface area (Å²) in [5.41, 5.74) is -2.69. The average Bonchev–Trinajstić information content (AvgIpc) is 3.00. The van der Waals surface area contributed by atoms with Gasteiger partial charge in [0.05, 0.1) is 59.9 Å². The van der Waals surface area contributed by atoms with Crippen molar-refractivity contribution in [1.82, 2.24) is 15.0 Å². The normalized spacial score (nSPS) is 16.7. The summed E-state index contributed by atoms with van der Waals surface area (Å²) in [7, 11) is -2.07. The molecule has 4 rings (SSSR count). The van der Waals surface area contributed by atoms with Gasteiger partial charge < -0.3 is 19.5 Å². The summed E-state index contributed by atoms with van der Waals surface area (Å²) in [6.45, 7) is 3.31. The van der Waals surface area contributed by atoms with Crippen LogP contribution in [-0.2, 0) is 33.3 Å². The maximum Gasteiger partial charge on any atom is 0.416 e. The van der Waals surface area contributed by atoms with Gasteiger partial charge in [0.1, 0.15) is 6.61 Å². The van der Waals surface area contributed by atoms with Crippen LogP contribution in [0.1, 0.15) is 60.8 Å². The van der Waals surface area contributed by atoms with E-state index in [0.29, 0.717) is 29.9 Å². The second kappa shape index (κ2) is 14.4. The Bertz CT molecular complexity index is 1710. The maximum atomic E-state index is 13.6. The van der Waals surface area contributed by atoms with Crippen LogP contribution in [0.4, 0.5) is 42.8 Å². The molecular weight excluding hydrogens is 672 g/mol. The number of anilines is 2. The predicted molar refractivity (Wildman–Crippen MR) is 162 cm³/mol. The van der Waals surface area contributed by atoms with Crippen molar-refractivity contribution in [2.45, 2.75) is 57.5 Å². The van der Waals surface area contributed by atoms with Crippen molar-refractivity contribution in [2.75, 3.05) is 42.5 Å². The molecule has 0 radical (unpaired) electrons. The van der Waals surface area contributed by atoms with E-state index in [1.807, 2.05) is 6.92 Å². The molecule has 11 nitrogen and oxygen atoms in total. The number of amides is 1. The first-order valence-corrected chi connectivity index (χ1v) is 16.7. The monoisotopic (exact) mass is 705 g/mol. The topological polar surface area (TPSA) is 133 Å². The van der Waals surface area contributed by atoms with Gasteiger partial charge in [-0.1, -0.05) is 6.92 Å². The fourth-order valence-corrected chi connectivity index (χ4v) is 5.51. The van der Waals surface area contributed by atoms with Gasteiger partial charge in [-0.3, -0.25) is 4.90 Å². The van der Waals surface area contributed by atoms with E-state index in [1.165, 1.54) is 12.0 Å². The van der Waals surface area contributed by atoms with Gasteiger partial charge in [0, 0.05) is 24.8 Å². The molecule has 0 saturated heterocycles. The first kappa shape index (κ1) is 36.5. The van der Waals surface area contributed by atoms with Gasteiger partial charge in [-0.05, 0) is 49.6 Å². The van der Waals surface area contributed by atoms with Gasteiger partial charge in [0.15, 0.2) is 15.6 Å². The molecule has 1 aromatic carbocycles. The zero-order valence-electron chi connectivity index (χ0n) is 26.3. The Balaban J connectivity index is 1.77. The SMILES string of the molecule is CCOC(=O)N1c2ccc(OC)nc2[C@@H](Nc2ncc(OCCS(C)(=O)=O)c(Cc3cc(C(F)(F)F)cc(C(F)(F)F)c3)n2)C[C@H]1CC. The molecule has 0 aliphatic carbocycles. The summed E-state index contributed by atoms with van der Waals surface area (Å²) in [6, 6.07) is 3.38. The molecule has 0 bridgehead atoms. The number of nitrogens with zero attached hydrogens (tertiary/aromatic N) is 4.